The van der Waals surface area contributed by atoms with Gasteiger partial charge in [0.15, 0.2) is 5.13 Å². The standard InChI is InChI=1S/C13H15FN2OS/c1-17-9-5-7-16(8-6-9)13-15-12-10(14)3-2-4-11(12)18-13/h2-4,9H,5-8H2,1H3. The van der Waals surface area contributed by atoms with E-state index < -0.39 is 0 Å². The van der Waals surface area contributed by atoms with Crippen molar-refractivity contribution >= 4 is 26.7 Å². The number of benzene rings is 1. The second kappa shape index (κ2) is 4.82. The average Bonchev–Trinajstić information content (AvgIpc) is 2.84. The normalized spacial score (nSPS) is 17.6. The number of hydrogen-bond donors (Lipinski definition) is 0. The third-order valence-corrected chi connectivity index (χ3v) is 4.49. The van der Waals surface area contributed by atoms with Crippen LogP contribution in [0.15, 0.2) is 18.2 Å². The quantitative estimate of drug-likeness (QED) is 0.835. The average molecular weight is 266 g/mol. The van der Waals surface area contributed by atoms with E-state index in [1.807, 2.05) is 6.07 Å². The lowest BCUT2D eigenvalue weighted by Gasteiger charge is -2.30. The molecule has 0 radical (unpaired) electrons. The molecular formula is C13H15FN2OS. The van der Waals surface area contributed by atoms with Crippen LogP contribution in [-0.2, 0) is 4.74 Å². The van der Waals surface area contributed by atoms with Gasteiger partial charge in [0.25, 0.3) is 0 Å². The first-order valence-corrected chi connectivity index (χ1v) is 6.92. The van der Waals surface area contributed by atoms with E-state index in [-0.39, 0.29) is 5.82 Å². The SMILES string of the molecule is COC1CCN(c2nc3c(F)cccc3s2)CC1. The van der Waals surface area contributed by atoms with Crippen molar-refractivity contribution in [2.45, 2.75) is 18.9 Å². The van der Waals surface area contributed by atoms with E-state index >= 15 is 0 Å². The van der Waals surface area contributed by atoms with Gasteiger partial charge in [-0.2, -0.15) is 0 Å². The number of fused-ring (bicyclic) bond motifs is 1. The molecule has 0 saturated carbocycles. The molecule has 2 aromatic rings. The Morgan fingerprint density at radius 1 is 1.39 bits per heavy atom. The molecule has 5 heteroatoms. The van der Waals surface area contributed by atoms with Crippen LogP contribution in [0.3, 0.4) is 0 Å². The van der Waals surface area contributed by atoms with Gasteiger partial charge in [-0.1, -0.05) is 17.4 Å². The first-order valence-electron chi connectivity index (χ1n) is 6.10. The molecular weight excluding hydrogens is 251 g/mol. The minimum absolute atomic E-state index is 0.234. The summed E-state index contributed by atoms with van der Waals surface area (Å²) < 4.78 is 19.9. The Bertz CT molecular complexity index is 549. The lowest BCUT2D eigenvalue weighted by molar-refractivity contribution is 0.0819. The molecule has 3 nitrogen and oxygen atoms in total. The Balaban J connectivity index is 1.85. The molecule has 0 N–H and O–H groups in total. The van der Waals surface area contributed by atoms with Crippen LogP contribution in [0.5, 0.6) is 0 Å². The van der Waals surface area contributed by atoms with Crippen molar-refractivity contribution in [3.63, 3.8) is 0 Å². The fourth-order valence-corrected chi connectivity index (χ4v) is 3.35. The molecule has 0 atom stereocenters. The van der Waals surface area contributed by atoms with Crippen molar-refractivity contribution < 1.29 is 9.13 Å². The van der Waals surface area contributed by atoms with E-state index in [0.717, 1.165) is 35.8 Å². The van der Waals surface area contributed by atoms with Crippen molar-refractivity contribution in [3.8, 4) is 0 Å². The molecule has 1 aliphatic rings. The lowest BCUT2D eigenvalue weighted by Crippen LogP contribution is -2.36. The molecule has 0 unspecified atom stereocenters. The molecule has 1 aromatic carbocycles. The number of hydrogen-bond acceptors (Lipinski definition) is 4. The zero-order valence-corrected chi connectivity index (χ0v) is 11.0. The Morgan fingerprint density at radius 3 is 2.83 bits per heavy atom. The molecule has 1 aromatic heterocycles. The van der Waals surface area contributed by atoms with Gasteiger partial charge in [0.2, 0.25) is 0 Å². The predicted molar refractivity (Wildman–Crippen MR) is 71.8 cm³/mol. The highest BCUT2D eigenvalue weighted by Crippen LogP contribution is 2.31. The maximum absolute atomic E-state index is 13.6. The molecule has 3 rings (SSSR count). The Hall–Kier alpha value is -1.20. The van der Waals surface area contributed by atoms with E-state index in [1.54, 1.807) is 24.5 Å². The third kappa shape index (κ3) is 2.08. The van der Waals surface area contributed by atoms with Crippen molar-refractivity contribution in [1.82, 2.24) is 4.98 Å². The minimum atomic E-state index is -0.234. The molecule has 96 valence electrons. The summed E-state index contributed by atoms with van der Waals surface area (Å²) in [6.45, 7) is 1.86. The number of para-hydroxylation sites is 1. The summed E-state index contributed by atoms with van der Waals surface area (Å²) in [5.41, 5.74) is 0.492. The van der Waals surface area contributed by atoms with Gasteiger partial charge in [-0.15, -0.1) is 0 Å². The van der Waals surface area contributed by atoms with Crippen LogP contribution in [0.2, 0.25) is 0 Å². The second-order valence-corrected chi connectivity index (χ2v) is 5.51. The van der Waals surface area contributed by atoms with Crippen LogP contribution < -0.4 is 4.90 Å². The predicted octanol–water partition coefficient (Wildman–Crippen LogP) is 3.05. The van der Waals surface area contributed by atoms with Crippen LogP contribution >= 0.6 is 11.3 Å². The topological polar surface area (TPSA) is 25.4 Å². The minimum Gasteiger partial charge on any atom is -0.381 e. The summed E-state index contributed by atoms with van der Waals surface area (Å²) >= 11 is 1.56. The van der Waals surface area contributed by atoms with Gasteiger partial charge in [0.05, 0.1) is 10.8 Å². The van der Waals surface area contributed by atoms with Gasteiger partial charge < -0.3 is 9.64 Å². The molecule has 18 heavy (non-hydrogen) atoms. The Kier molecular flexibility index (Phi) is 3.18. The van der Waals surface area contributed by atoms with Crippen LogP contribution in [0.25, 0.3) is 10.2 Å². The maximum Gasteiger partial charge on any atom is 0.186 e. The third-order valence-electron chi connectivity index (χ3n) is 3.40. The van der Waals surface area contributed by atoms with Crippen LogP contribution in [0.1, 0.15) is 12.8 Å². The number of halogens is 1. The van der Waals surface area contributed by atoms with Gasteiger partial charge >= 0.3 is 0 Å². The first-order chi connectivity index (χ1) is 8.78. The fourth-order valence-electron chi connectivity index (χ4n) is 2.32. The molecule has 1 fully saturated rings. The van der Waals surface area contributed by atoms with Gasteiger partial charge in [0.1, 0.15) is 11.3 Å². The zero-order valence-electron chi connectivity index (χ0n) is 10.2. The van der Waals surface area contributed by atoms with Crippen molar-refractivity contribution in [3.05, 3.63) is 24.0 Å². The molecule has 1 aliphatic heterocycles. The van der Waals surface area contributed by atoms with Crippen molar-refractivity contribution in [2.75, 3.05) is 25.1 Å². The van der Waals surface area contributed by atoms with Crippen LogP contribution in [-0.4, -0.2) is 31.3 Å². The van der Waals surface area contributed by atoms with Gasteiger partial charge in [0, 0.05) is 20.2 Å². The van der Waals surface area contributed by atoms with Gasteiger partial charge in [-0.25, -0.2) is 9.37 Å². The number of piperidine rings is 1. The number of rotatable bonds is 2. The largest absolute Gasteiger partial charge is 0.381 e. The summed E-state index contributed by atoms with van der Waals surface area (Å²) in [6.07, 6.45) is 2.37. The Labute approximate surface area is 109 Å². The highest BCUT2D eigenvalue weighted by molar-refractivity contribution is 7.22. The highest BCUT2D eigenvalue weighted by atomic mass is 32.1. The monoisotopic (exact) mass is 266 g/mol. The summed E-state index contributed by atoms with van der Waals surface area (Å²) in [7, 11) is 1.76. The molecule has 1 saturated heterocycles. The molecule has 0 spiro atoms. The molecule has 0 amide bonds. The highest BCUT2D eigenvalue weighted by Gasteiger charge is 2.21. The summed E-state index contributed by atoms with van der Waals surface area (Å²) in [5.74, 6) is -0.234. The van der Waals surface area contributed by atoms with Crippen LogP contribution in [0.4, 0.5) is 9.52 Å². The first kappa shape index (κ1) is 11.9. The number of thiazole rings is 1. The van der Waals surface area contributed by atoms with E-state index in [1.165, 1.54) is 6.07 Å². The number of ether oxygens (including phenoxy) is 1. The van der Waals surface area contributed by atoms with Crippen LogP contribution in [0, 0.1) is 5.82 Å². The lowest BCUT2D eigenvalue weighted by atomic mass is 10.1. The Morgan fingerprint density at radius 2 is 2.17 bits per heavy atom. The van der Waals surface area contributed by atoms with E-state index in [0.29, 0.717) is 11.6 Å². The van der Waals surface area contributed by atoms with Gasteiger partial charge in [-0.05, 0) is 25.0 Å². The maximum atomic E-state index is 13.6. The number of anilines is 1. The number of methoxy groups -OCH3 is 1. The summed E-state index contributed by atoms with van der Waals surface area (Å²) in [5, 5.41) is 0.921. The molecule has 0 bridgehead atoms. The fraction of sp³-hybridized carbons (Fsp3) is 0.462. The number of nitrogens with zero attached hydrogens (tertiary/aromatic N) is 2. The van der Waals surface area contributed by atoms with E-state index in [2.05, 4.69) is 9.88 Å². The van der Waals surface area contributed by atoms with E-state index in [9.17, 15) is 4.39 Å². The molecule has 0 aliphatic carbocycles. The smallest absolute Gasteiger partial charge is 0.186 e. The second-order valence-electron chi connectivity index (χ2n) is 4.51. The molecule has 2 heterocycles. The summed E-state index contributed by atoms with van der Waals surface area (Å²) in [4.78, 5) is 6.64. The van der Waals surface area contributed by atoms with E-state index in [4.69, 9.17) is 4.74 Å². The summed E-state index contributed by atoms with van der Waals surface area (Å²) in [6, 6.07) is 5.11. The number of aromatic nitrogens is 1. The van der Waals surface area contributed by atoms with Gasteiger partial charge in [-0.3, -0.25) is 0 Å². The zero-order chi connectivity index (χ0) is 12.5. The van der Waals surface area contributed by atoms with Crippen molar-refractivity contribution in [1.29, 1.82) is 0 Å². The van der Waals surface area contributed by atoms with Crippen molar-refractivity contribution in [2.24, 2.45) is 0 Å².